The minimum absolute atomic E-state index is 0.0305. The molecular formula is C20H35N5O. The Bertz CT molecular complexity index is 583. The Morgan fingerprint density at radius 2 is 1.88 bits per heavy atom. The van der Waals surface area contributed by atoms with Crippen molar-refractivity contribution < 1.29 is 4.79 Å². The number of likely N-dealkylation sites (N-methyl/N-ethyl adjacent to an activating group) is 1. The van der Waals surface area contributed by atoms with Gasteiger partial charge in [0.05, 0.1) is 0 Å². The molecular weight excluding hydrogens is 326 g/mol. The zero-order valence-electron chi connectivity index (χ0n) is 17.2. The number of amides is 1. The van der Waals surface area contributed by atoms with Gasteiger partial charge in [-0.1, -0.05) is 19.1 Å². The monoisotopic (exact) mass is 361 g/mol. The molecule has 6 nitrogen and oxygen atoms in total. The van der Waals surface area contributed by atoms with Gasteiger partial charge in [0.2, 0.25) is 0 Å². The number of guanidine groups is 1. The third kappa shape index (κ3) is 7.44. The van der Waals surface area contributed by atoms with Gasteiger partial charge in [0, 0.05) is 52.4 Å². The van der Waals surface area contributed by atoms with Gasteiger partial charge in [-0.05, 0) is 44.5 Å². The molecule has 1 rings (SSSR count). The molecule has 0 bridgehead atoms. The summed E-state index contributed by atoms with van der Waals surface area (Å²) < 4.78 is 0. The van der Waals surface area contributed by atoms with Crippen molar-refractivity contribution in [2.75, 3.05) is 47.3 Å². The van der Waals surface area contributed by atoms with E-state index in [0.29, 0.717) is 6.04 Å². The molecule has 1 amide bonds. The Morgan fingerprint density at radius 1 is 1.19 bits per heavy atom. The molecule has 1 aromatic carbocycles. The van der Waals surface area contributed by atoms with Gasteiger partial charge in [-0.3, -0.25) is 14.7 Å². The molecule has 0 spiro atoms. The van der Waals surface area contributed by atoms with Crippen molar-refractivity contribution >= 4 is 11.9 Å². The highest BCUT2D eigenvalue weighted by Crippen LogP contribution is 2.07. The molecule has 26 heavy (non-hydrogen) atoms. The Kier molecular flexibility index (Phi) is 9.73. The predicted octanol–water partition coefficient (Wildman–Crippen LogP) is 1.83. The maximum Gasteiger partial charge on any atom is 0.253 e. The standard InChI is InChI=1S/C20H35N5O/c1-7-25(16(2)3)14-13-23-20(21-4)22-12-11-17-9-8-10-18(15-17)19(26)24(5)6/h8-10,15-16H,7,11-14H2,1-6H3,(H2,21,22,23). The molecule has 146 valence electrons. The fourth-order valence-electron chi connectivity index (χ4n) is 2.76. The molecule has 2 N–H and O–H groups in total. The third-order valence-electron chi connectivity index (χ3n) is 4.34. The van der Waals surface area contributed by atoms with Gasteiger partial charge in [-0.15, -0.1) is 0 Å². The smallest absolute Gasteiger partial charge is 0.253 e. The first-order valence-electron chi connectivity index (χ1n) is 9.38. The van der Waals surface area contributed by atoms with E-state index in [9.17, 15) is 4.79 Å². The van der Waals surface area contributed by atoms with E-state index in [2.05, 4.69) is 41.3 Å². The first kappa shape index (κ1) is 22.0. The molecule has 0 aromatic heterocycles. The molecule has 0 aliphatic carbocycles. The number of aliphatic imine (C=N–C) groups is 1. The topological polar surface area (TPSA) is 60.0 Å². The minimum atomic E-state index is 0.0305. The fraction of sp³-hybridized carbons (Fsp3) is 0.600. The van der Waals surface area contributed by atoms with E-state index in [0.717, 1.165) is 49.7 Å². The molecule has 0 saturated carbocycles. The highest BCUT2D eigenvalue weighted by atomic mass is 16.2. The van der Waals surface area contributed by atoms with Crippen molar-refractivity contribution in [3.63, 3.8) is 0 Å². The van der Waals surface area contributed by atoms with Crippen LogP contribution in [0.2, 0.25) is 0 Å². The molecule has 0 unspecified atom stereocenters. The molecule has 6 heteroatoms. The Labute approximate surface area is 158 Å². The minimum Gasteiger partial charge on any atom is -0.356 e. The number of nitrogens with one attached hydrogen (secondary N) is 2. The molecule has 0 aliphatic rings. The number of nitrogens with zero attached hydrogens (tertiary/aromatic N) is 3. The average molecular weight is 362 g/mol. The molecule has 0 saturated heterocycles. The number of rotatable bonds is 9. The van der Waals surface area contributed by atoms with Gasteiger partial charge >= 0.3 is 0 Å². The van der Waals surface area contributed by atoms with Gasteiger partial charge < -0.3 is 15.5 Å². The summed E-state index contributed by atoms with van der Waals surface area (Å²) in [7, 11) is 5.32. The summed E-state index contributed by atoms with van der Waals surface area (Å²) in [6.07, 6.45) is 0.836. The average Bonchev–Trinajstić information content (AvgIpc) is 2.62. The second-order valence-corrected chi connectivity index (χ2v) is 6.80. The maximum absolute atomic E-state index is 12.0. The van der Waals surface area contributed by atoms with E-state index in [4.69, 9.17) is 0 Å². The van der Waals surface area contributed by atoms with Crippen LogP contribution in [0.1, 0.15) is 36.7 Å². The molecule has 1 aromatic rings. The molecule has 0 heterocycles. The lowest BCUT2D eigenvalue weighted by atomic mass is 10.1. The normalized spacial score (nSPS) is 11.8. The zero-order chi connectivity index (χ0) is 19.5. The molecule has 0 atom stereocenters. The van der Waals surface area contributed by atoms with E-state index in [-0.39, 0.29) is 5.91 Å². The third-order valence-corrected chi connectivity index (χ3v) is 4.34. The number of carbonyl (C=O) groups is 1. The largest absolute Gasteiger partial charge is 0.356 e. The van der Waals surface area contributed by atoms with Gasteiger partial charge in [-0.25, -0.2) is 0 Å². The summed E-state index contributed by atoms with van der Waals surface area (Å²) in [5.41, 5.74) is 1.86. The van der Waals surface area contributed by atoms with E-state index in [1.165, 1.54) is 0 Å². The highest BCUT2D eigenvalue weighted by Gasteiger charge is 2.09. The van der Waals surface area contributed by atoms with Crippen molar-refractivity contribution in [3.8, 4) is 0 Å². The van der Waals surface area contributed by atoms with Crippen LogP contribution in [0.15, 0.2) is 29.3 Å². The summed E-state index contributed by atoms with van der Waals surface area (Å²) in [4.78, 5) is 20.3. The van der Waals surface area contributed by atoms with Gasteiger partial charge in [0.25, 0.3) is 5.91 Å². The SMILES string of the molecule is CCN(CCNC(=NC)NCCc1cccc(C(=O)N(C)C)c1)C(C)C. The van der Waals surface area contributed by atoms with Crippen molar-refractivity contribution in [3.05, 3.63) is 35.4 Å². The lowest BCUT2D eigenvalue weighted by molar-refractivity contribution is 0.0827. The quantitative estimate of drug-likeness (QED) is 0.520. The highest BCUT2D eigenvalue weighted by molar-refractivity contribution is 5.94. The van der Waals surface area contributed by atoms with E-state index >= 15 is 0 Å². The van der Waals surface area contributed by atoms with Crippen LogP contribution in [0, 0.1) is 0 Å². The fourth-order valence-corrected chi connectivity index (χ4v) is 2.76. The van der Waals surface area contributed by atoms with Crippen LogP contribution in [-0.4, -0.2) is 75.0 Å². The van der Waals surface area contributed by atoms with Crippen LogP contribution < -0.4 is 10.6 Å². The van der Waals surface area contributed by atoms with Gasteiger partial charge in [-0.2, -0.15) is 0 Å². The number of hydrogen-bond acceptors (Lipinski definition) is 3. The second kappa shape index (κ2) is 11.5. The number of benzene rings is 1. The van der Waals surface area contributed by atoms with Crippen LogP contribution in [0.4, 0.5) is 0 Å². The maximum atomic E-state index is 12.0. The van der Waals surface area contributed by atoms with E-state index < -0.39 is 0 Å². The van der Waals surface area contributed by atoms with Crippen molar-refractivity contribution in [2.45, 2.75) is 33.2 Å². The van der Waals surface area contributed by atoms with E-state index in [1.54, 1.807) is 26.0 Å². The second-order valence-electron chi connectivity index (χ2n) is 6.80. The van der Waals surface area contributed by atoms with Crippen molar-refractivity contribution in [2.24, 2.45) is 4.99 Å². The Morgan fingerprint density at radius 3 is 2.46 bits per heavy atom. The summed E-state index contributed by atoms with van der Waals surface area (Å²) in [6.45, 7) is 10.3. The van der Waals surface area contributed by atoms with Crippen LogP contribution in [0.3, 0.4) is 0 Å². The molecule has 0 aliphatic heterocycles. The first-order chi connectivity index (χ1) is 12.4. The van der Waals surface area contributed by atoms with Crippen LogP contribution in [0.25, 0.3) is 0 Å². The van der Waals surface area contributed by atoms with Crippen LogP contribution in [-0.2, 0) is 6.42 Å². The summed E-state index contributed by atoms with van der Waals surface area (Å²) in [6, 6.07) is 8.35. The van der Waals surface area contributed by atoms with Crippen molar-refractivity contribution in [1.82, 2.24) is 20.4 Å². The van der Waals surface area contributed by atoms with Crippen LogP contribution >= 0.6 is 0 Å². The number of carbonyl (C=O) groups excluding carboxylic acids is 1. The van der Waals surface area contributed by atoms with E-state index in [1.807, 2.05) is 24.3 Å². The first-order valence-corrected chi connectivity index (χ1v) is 9.38. The zero-order valence-corrected chi connectivity index (χ0v) is 17.2. The molecule has 0 radical (unpaired) electrons. The number of hydrogen-bond donors (Lipinski definition) is 2. The van der Waals surface area contributed by atoms with Gasteiger partial charge in [0.15, 0.2) is 5.96 Å². The predicted molar refractivity (Wildman–Crippen MR) is 110 cm³/mol. The Balaban J connectivity index is 2.43. The van der Waals surface area contributed by atoms with Crippen molar-refractivity contribution in [1.29, 1.82) is 0 Å². The van der Waals surface area contributed by atoms with Gasteiger partial charge in [0.1, 0.15) is 0 Å². The summed E-state index contributed by atoms with van der Waals surface area (Å²) in [5.74, 6) is 0.841. The lowest BCUT2D eigenvalue weighted by Gasteiger charge is -2.25. The molecule has 0 fully saturated rings. The Hall–Kier alpha value is -2.08. The summed E-state index contributed by atoms with van der Waals surface area (Å²) in [5, 5.41) is 6.69. The van der Waals surface area contributed by atoms with Crippen LogP contribution in [0.5, 0.6) is 0 Å². The lowest BCUT2D eigenvalue weighted by Crippen LogP contribution is -2.43. The summed E-state index contributed by atoms with van der Waals surface area (Å²) >= 11 is 0.